The predicted molar refractivity (Wildman–Crippen MR) is 98.5 cm³/mol. The molecule has 0 fully saturated rings. The molecular weight excluding hydrogens is 346 g/mol. The van der Waals surface area contributed by atoms with Crippen LogP contribution in [0, 0.1) is 0 Å². The highest BCUT2D eigenvalue weighted by atomic mass is 16.7. The second kappa shape index (κ2) is 8.89. The Balaban J connectivity index is 1.59. The van der Waals surface area contributed by atoms with E-state index in [9.17, 15) is 14.7 Å². The summed E-state index contributed by atoms with van der Waals surface area (Å²) in [5.41, 5.74) is 1.89. The van der Waals surface area contributed by atoms with E-state index in [0.29, 0.717) is 12.2 Å². The molecule has 0 bridgehead atoms. The third kappa shape index (κ3) is 5.60. The van der Waals surface area contributed by atoms with E-state index in [4.69, 9.17) is 9.47 Å². The zero-order valence-electron chi connectivity index (χ0n) is 14.7. The Labute approximate surface area is 157 Å². The van der Waals surface area contributed by atoms with Gasteiger partial charge in [0.1, 0.15) is 12.3 Å². The zero-order valence-corrected chi connectivity index (χ0v) is 14.7. The Bertz CT molecular complexity index is 804. The molecule has 1 aliphatic heterocycles. The molecule has 0 radical (unpaired) electrons. The number of benzene rings is 2. The van der Waals surface area contributed by atoms with Crippen LogP contribution in [-0.4, -0.2) is 29.3 Å². The van der Waals surface area contributed by atoms with Crippen LogP contribution in [-0.2, 0) is 31.9 Å². The van der Waals surface area contributed by atoms with Crippen LogP contribution in [0.2, 0.25) is 0 Å². The van der Waals surface area contributed by atoms with Gasteiger partial charge in [0.25, 0.3) is 0 Å². The Morgan fingerprint density at radius 2 is 1.63 bits per heavy atom. The molecule has 6 heteroatoms. The quantitative estimate of drug-likeness (QED) is 0.749. The molecule has 2 atom stereocenters. The molecule has 2 aromatic rings. The topological polar surface area (TPSA) is 84.9 Å². The molecule has 2 aromatic carbocycles. The first-order valence-corrected chi connectivity index (χ1v) is 8.71. The lowest BCUT2D eigenvalue weighted by Crippen LogP contribution is -2.39. The average Bonchev–Trinajstić information content (AvgIpc) is 3.11. The van der Waals surface area contributed by atoms with Gasteiger partial charge in [0.05, 0.1) is 12.8 Å². The molecule has 0 aromatic heterocycles. The monoisotopic (exact) mass is 367 g/mol. The van der Waals surface area contributed by atoms with E-state index in [1.54, 1.807) is 0 Å². The summed E-state index contributed by atoms with van der Waals surface area (Å²) in [7, 11) is 0. The summed E-state index contributed by atoms with van der Waals surface area (Å²) in [5.74, 6) is -0.987. The average molecular weight is 367 g/mol. The van der Waals surface area contributed by atoms with Crippen molar-refractivity contribution in [3.63, 3.8) is 0 Å². The number of ether oxygens (including phenoxy) is 2. The van der Waals surface area contributed by atoms with Crippen molar-refractivity contribution in [2.24, 2.45) is 0 Å². The first-order chi connectivity index (χ1) is 13.1. The van der Waals surface area contributed by atoms with Crippen molar-refractivity contribution in [1.29, 1.82) is 0 Å². The van der Waals surface area contributed by atoms with Gasteiger partial charge >= 0.3 is 5.97 Å². The maximum atomic E-state index is 12.3. The number of amides is 1. The van der Waals surface area contributed by atoms with Crippen molar-refractivity contribution in [3.05, 3.63) is 83.8 Å². The first-order valence-electron chi connectivity index (χ1n) is 8.71. The number of carbonyl (C=O) groups excluding carboxylic acids is 1. The number of carboxylic acid groups (broad SMARTS) is 1. The van der Waals surface area contributed by atoms with Crippen molar-refractivity contribution < 1.29 is 24.2 Å². The van der Waals surface area contributed by atoms with E-state index < -0.39 is 18.3 Å². The van der Waals surface area contributed by atoms with Gasteiger partial charge in [-0.15, -0.1) is 0 Å². The molecule has 1 aliphatic rings. The van der Waals surface area contributed by atoms with E-state index in [-0.39, 0.29) is 18.7 Å². The number of rotatable bonds is 8. The van der Waals surface area contributed by atoms with Crippen LogP contribution in [0.4, 0.5) is 0 Å². The number of carbonyl (C=O) groups is 2. The Morgan fingerprint density at radius 3 is 2.26 bits per heavy atom. The van der Waals surface area contributed by atoms with Crippen LogP contribution < -0.4 is 5.32 Å². The van der Waals surface area contributed by atoms with Gasteiger partial charge in [-0.2, -0.15) is 0 Å². The third-order valence-electron chi connectivity index (χ3n) is 4.11. The Hall–Kier alpha value is -3.28. The number of carboxylic acids is 1. The molecular formula is C21H21NO5. The molecule has 27 heavy (non-hydrogen) atoms. The van der Waals surface area contributed by atoms with Gasteiger partial charge in [-0.25, -0.2) is 0 Å². The van der Waals surface area contributed by atoms with E-state index in [1.807, 2.05) is 60.7 Å². The standard InChI is InChI=1S/C21H21NO5/c23-19(11-15-7-3-1-4-8-15)22-17(13-20(24)25)18-14-26-21(27-18)12-16-9-5-2-6-10-16/h1-10,14,17,21H,11-13H2,(H,22,23)(H,24,25)/t17-,21?/m1/s1. The minimum atomic E-state index is -1.03. The third-order valence-corrected chi connectivity index (χ3v) is 4.11. The lowest BCUT2D eigenvalue weighted by Gasteiger charge is -2.19. The second-order valence-corrected chi connectivity index (χ2v) is 6.27. The normalized spacial score (nSPS) is 16.6. The number of aliphatic carboxylic acids is 1. The lowest BCUT2D eigenvalue weighted by atomic mass is 10.1. The minimum Gasteiger partial charge on any atom is -0.481 e. The smallest absolute Gasteiger partial charge is 0.305 e. The molecule has 0 aliphatic carbocycles. The van der Waals surface area contributed by atoms with Crippen LogP contribution in [0.3, 0.4) is 0 Å². The van der Waals surface area contributed by atoms with E-state index in [0.717, 1.165) is 11.1 Å². The van der Waals surface area contributed by atoms with Gasteiger partial charge in [-0.05, 0) is 11.1 Å². The van der Waals surface area contributed by atoms with Gasteiger partial charge in [0.2, 0.25) is 12.2 Å². The fourth-order valence-electron chi connectivity index (χ4n) is 2.83. The van der Waals surface area contributed by atoms with E-state index >= 15 is 0 Å². The van der Waals surface area contributed by atoms with Gasteiger partial charge in [0.15, 0.2) is 5.76 Å². The van der Waals surface area contributed by atoms with E-state index in [1.165, 1.54) is 6.26 Å². The summed E-state index contributed by atoms with van der Waals surface area (Å²) >= 11 is 0. The lowest BCUT2D eigenvalue weighted by molar-refractivity contribution is -0.138. The molecule has 0 saturated carbocycles. The van der Waals surface area contributed by atoms with E-state index in [2.05, 4.69) is 5.32 Å². The highest BCUT2D eigenvalue weighted by molar-refractivity contribution is 5.80. The summed E-state index contributed by atoms with van der Waals surface area (Å²) in [5, 5.41) is 11.9. The molecule has 1 amide bonds. The molecule has 1 heterocycles. The van der Waals surface area contributed by atoms with Crippen molar-refractivity contribution in [2.45, 2.75) is 31.6 Å². The van der Waals surface area contributed by atoms with Crippen LogP contribution in [0.25, 0.3) is 0 Å². The molecule has 3 rings (SSSR count). The highest BCUT2D eigenvalue weighted by Crippen LogP contribution is 2.22. The van der Waals surface area contributed by atoms with Crippen molar-refractivity contribution >= 4 is 11.9 Å². The SMILES string of the molecule is O=C(O)C[C@@H](NC(=O)Cc1ccccc1)C1=COC(Cc2ccccc2)O1. The Morgan fingerprint density at radius 1 is 1.00 bits per heavy atom. The van der Waals surface area contributed by atoms with Crippen LogP contribution in [0.1, 0.15) is 17.5 Å². The minimum absolute atomic E-state index is 0.165. The fraction of sp³-hybridized carbons (Fsp3) is 0.238. The number of hydrogen-bond donors (Lipinski definition) is 2. The Kier molecular flexibility index (Phi) is 6.10. The first kappa shape index (κ1) is 18.5. The van der Waals surface area contributed by atoms with Gasteiger partial charge < -0.3 is 19.9 Å². The second-order valence-electron chi connectivity index (χ2n) is 6.27. The van der Waals surface area contributed by atoms with Crippen molar-refractivity contribution in [2.75, 3.05) is 0 Å². The van der Waals surface area contributed by atoms with Gasteiger partial charge in [-0.3, -0.25) is 9.59 Å². The summed E-state index contributed by atoms with van der Waals surface area (Å²) < 4.78 is 11.2. The molecule has 0 saturated heterocycles. The fourth-order valence-corrected chi connectivity index (χ4v) is 2.83. The maximum absolute atomic E-state index is 12.3. The summed E-state index contributed by atoms with van der Waals surface area (Å²) in [4.78, 5) is 23.5. The number of hydrogen-bond acceptors (Lipinski definition) is 4. The van der Waals surface area contributed by atoms with Gasteiger partial charge in [-0.1, -0.05) is 60.7 Å². The molecule has 1 unspecified atom stereocenters. The molecule has 6 nitrogen and oxygen atoms in total. The van der Waals surface area contributed by atoms with Crippen molar-refractivity contribution in [3.8, 4) is 0 Å². The zero-order chi connectivity index (χ0) is 19.1. The molecule has 0 spiro atoms. The summed E-state index contributed by atoms with van der Waals surface area (Å²) in [6.07, 6.45) is 1.26. The van der Waals surface area contributed by atoms with Crippen LogP contribution in [0.15, 0.2) is 72.7 Å². The number of nitrogens with one attached hydrogen (secondary N) is 1. The summed E-state index contributed by atoms with van der Waals surface area (Å²) in [6, 6.07) is 18.2. The highest BCUT2D eigenvalue weighted by Gasteiger charge is 2.29. The van der Waals surface area contributed by atoms with Crippen molar-refractivity contribution in [1.82, 2.24) is 5.32 Å². The maximum Gasteiger partial charge on any atom is 0.305 e. The van der Waals surface area contributed by atoms with Gasteiger partial charge in [0, 0.05) is 6.42 Å². The largest absolute Gasteiger partial charge is 0.481 e. The van der Waals surface area contributed by atoms with Crippen LogP contribution >= 0.6 is 0 Å². The molecule has 140 valence electrons. The predicted octanol–water partition coefficient (Wildman–Crippen LogP) is 2.65. The molecule has 2 N–H and O–H groups in total. The van der Waals surface area contributed by atoms with Crippen LogP contribution in [0.5, 0.6) is 0 Å². The summed E-state index contributed by atoms with van der Waals surface area (Å²) in [6.45, 7) is 0.